The molecule has 0 bridgehead atoms. The van der Waals surface area contributed by atoms with Gasteiger partial charge in [0.2, 0.25) is 0 Å². The summed E-state index contributed by atoms with van der Waals surface area (Å²) in [7, 11) is -2.45. The second-order valence-electron chi connectivity index (χ2n) is 9.77. The number of fused-ring (bicyclic) bond motifs is 1. The summed E-state index contributed by atoms with van der Waals surface area (Å²) in [5.41, 5.74) is 2.20. The zero-order valence-corrected chi connectivity index (χ0v) is 22.4. The number of carbonyl (C=O) groups is 1. The lowest BCUT2D eigenvalue weighted by molar-refractivity contribution is -0.128. The fourth-order valence-electron chi connectivity index (χ4n) is 5.09. The van der Waals surface area contributed by atoms with Crippen LogP contribution in [0, 0.1) is 6.92 Å². The first-order valence-electron chi connectivity index (χ1n) is 12.7. The predicted octanol–water partition coefficient (Wildman–Crippen LogP) is 3.82. The van der Waals surface area contributed by atoms with E-state index in [0.717, 1.165) is 24.0 Å². The lowest BCUT2D eigenvalue weighted by Gasteiger charge is -2.39. The van der Waals surface area contributed by atoms with Gasteiger partial charge in [0.1, 0.15) is 11.5 Å². The van der Waals surface area contributed by atoms with E-state index in [1.54, 1.807) is 24.3 Å². The number of sulfonamides is 1. The molecule has 1 amide bonds. The molecule has 0 radical (unpaired) electrons. The van der Waals surface area contributed by atoms with Crippen LogP contribution in [0.4, 0.5) is 5.69 Å². The van der Waals surface area contributed by atoms with Crippen molar-refractivity contribution < 1.29 is 27.4 Å². The van der Waals surface area contributed by atoms with Gasteiger partial charge in [0.05, 0.1) is 24.2 Å². The maximum Gasteiger partial charge on any atom is 0.264 e. The van der Waals surface area contributed by atoms with Crippen LogP contribution in [0.15, 0.2) is 77.7 Å². The average Bonchev–Trinajstić information content (AvgIpc) is 2.96. The molecule has 1 atom stereocenters. The van der Waals surface area contributed by atoms with E-state index in [-0.39, 0.29) is 22.8 Å². The Morgan fingerprint density at radius 3 is 2.45 bits per heavy atom. The zero-order chi connectivity index (χ0) is 26.8. The highest BCUT2D eigenvalue weighted by Crippen LogP contribution is 2.38. The number of carbonyl (C=O) groups excluding carboxylic acids is 1. The molecule has 9 heteroatoms. The lowest BCUT2D eigenvalue weighted by atomic mass is 9.74. The smallest absolute Gasteiger partial charge is 0.264 e. The number of methoxy groups -OCH3 is 1. The molecule has 5 rings (SSSR count). The largest absolute Gasteiger partial charge is 0.497 e. The number of hydrogen-bond donors (Lipinski definition) is 1. The normalized spacial score (nSPS) is 18.7. The summed E-state index contributed by atoms with van der Waals surface area (Å²) >= 11 is 0. The van der Waals surface area contributed by atoms with Crippen molar-refractivity contribution in [3.8, 4) is 11.5 Å². The van der Waals surface area contributed by atoms with Gasteiger partial charge in [-0.05, 0) is 67.3 Å². The van der Waals surface area contributed by atoms with E-state index in [9.17, 15) is 13.2 Å². The fraction of sp³-hybridized carbons (Fsp3) is 0.345. The summed E-state index contributed by atoms with van der Waals surface area (Å²) in [5, 5.41) is 3.08. The molecule has 2 aliphatic rings. The van der Waals surface area contributed by atoms with Crippen LogP contribution in [-0.4, -0.2) is 53.8 Å². The number of aryl methyl sites for hydroxylation is 1. The third kappa shape index (κ3) is 5.08. The molecule has 1 fully saturated rings. The lowest BCUT2D eigenvalue weighted by Crippen LogP contribution is -2.53. The Hall–Kier alpha value is -3.56. The van der Waals surface area contributed by atoms with E-state index in [0.29, 0.717) is 36.9 Å². The van der Waals surface area contributed by atoms with Crippen molar-refractivity contribution in [2.75, 3.05) is 37.7 Å². The maximum atomic E-state index is 13.7. The van der Waals surface area contributed by atoms with Crippen molar-refractivity contribution >= 4 is 21.6 Å². The first-order valence-corrected chi connectivity index (χ1v) is 14.1. The van der Waals surface area contributed by atoms with Crippen LogP contribution < -0.4 is 19.1 Å². The Bertz CT molecular complexity index is 1390. The van der Waals surface area contributed by atoms with Crippen LogP contribution in [-0.2, 0) is 25.0 Å². The van der Waals surface area contributed by atoms with Crippen molar-refractivity contribution in [2.45, 2.75) is 36.2 Å². The minimum Gasteiger partial charge on any atom is -0.497 e. The van der Waals surface area contributed by atoms with Gasteiger partial charge >= 0.3 is 0 Å². The zero-order valence-electron chi connectivity index (χ0n) is 21.6. The number of benzene rings is 3. The Kier molecular flexibility index (Phi) is 7.32. The Labute approximate surface area is 223 Å². The van der Waals surface area contributed by atoms with E-state index in [4.69, 9.17) is 14.2 Å². The Balaban J connectivity index is 1.41. The van der Waals surface area contributed by atoms with E-state index in [1.807, 2.05) is 31.2 Å². The molecule has 0 aliphatic carbocycles. The third-order valence-electron chi connectivity index (χ3n) is 7.36. The summed E-state index contributed by atoms with van der Waals surface area (Å²) < 4.78 is 45.6. The molecule has 38 heavy (non-hydrogen) atoms. The SMILES string of the molecule is COc1ccc(S(=O)(=O)N2C[C@@H](C(=O)NCC3(c4ccccc4)CCOCC3)Oc3cc(C)ccc32)cc1. The summed E-state index contributed by atoms with van der Waals surface area (Å²) in [4.78, 5) is 13.6. The molecular formula is C29H32N2O6S. The van der Waals surface area contributed by atoms with Crippen LogP contribution in [0.2, 0.25) is 0 Å². The van der Waals surface area contributed by atoms with Gasteiger partial charge in [-0.2, -0.15) is 0 Å². The molecule has 0 unspecified atom stereocenters. The van der Waals surface area contributed by atoms with Gasteiger partial charge in [-0.25, -0.2) is 8.42 Å². The van der Waals surface area contributed by atoms with Gasteiger partial charge < -0.3 is 19.5 Å². The number of nitrogens with one attached hydrogen (secondary N) is 1. The van der Waals surface area contributed by atoms with Crippen LogP contribution >= 0.6 is 0 Å². The molecule has 0 saturated carbocycles. The molecular weight excluding hydrogens is 504 g/mol. The van der Waals surface area contributed by atoms with E-state index in [1.165, 1.54) is 23.5 Å². The van der Waals surface area contributed by atoms with Crippen LogP contribution in [0.1, 0.15) is 24.0 Å². The molecule has 3 aromatic rings. The highest BCUT2D eigenvalue weighted by Gasteiger charge is 2.40. The van der Waals surface area contributed by atoms with E-state index >= 15 is 0 Å². The molecule has 3 aromatic carbocycles. The number of nitrogens with zero attached hydrogens (tertiary/aromatic N) is 1. The van der Waals surface area contributed by atoms with E-state index < -0.39 is 16.1 Å². The van der Waals surface area contributed by atoms with Crippen LogP contribution in [0.25, 0.3) is 0 Å². The van der Waals surface area contributed by atoms with E-state index in [2.05, 4.69) is 17.4 Å². The number of anilines is 1. The molecule has 1 N–H and O–H groups in total. The second kappa shape index (κ2) is 10.7. The summed E-state index contributed by atoms with van der Waals surface area (Å²) in [6.45, 7) is 3.39. The van der Waals surface area contributed by atoms with Gasteiger partial charge in [0.25, 0.3) is 15.9 Å². The first kappa shape index (κ1) is 26.1. The van der Waals surface area contributed by atoms with Gasteiger partial charge in [0, 0.05) is 25.2 Å². The van der Waals surface area contributed by atoms with Crippen molar-refractivity contribution in [3.63, 3.8) is 0 Å². The van der Waals surface area contributed by atoms with Gasteiger partial charge in [-0.1, -0.05) is 36.4 Å². The molecule has 8 nitrogen and oxygen atoms in total. The molecule has 0 aromatic heterocycles. The fourth-order valence-corrected chi connectivity index (χ4v) is 6.57. The van der Waals surface area contributed by atoms with Gasteiger partial charge in [0.15, 0.2) is 6.10 Å². The van der Waals surface area contributed by atoms with Crippen molar-refractivity contribution in [1.29, 1.82) is 0 Å². The number of amides is 1. The van der Waals surface area contributed by atoms with Crippen molar-refractivity contribution in [3.05, 3.63) is 83.9 Å². The van der Waals surface area contributed by atoms with Gasteiger partial charge in [-0.15, -0.1) is 0 Å². The predicted molar refractivity (Wildman–Crippen MR) is 144 cm³/mol. The first-order chi connectivity index (χ1) is 18.3. The van der Waals surface area contributed by atoms with Crippen LogP contribution in [0.5, 0.6) is 11.5 Å². The molecule has 2 aliphatic heterocycles. The quantitative estimate of drug-likeness (QED) is 0.493. The Morgan fingerprint density at radius 2 is 1.76 bits per heavy atom. The topological polar surface area (TPSA) is 94.2 Å². The van der Waals surface area contributed by atoms with Crippen LogP contribution in [0.3, 0.4) is 0 Å². The average molecular weight is 537 g/mol. The number of hydrogen-bond acceptors (Lipinski definition) is 6. The minimum atomic E-state index is -3.97. The summed E-state index contributed by atoms with van der Waals surface area (Å²) in [6.07, 6.45) is 0.552. The van der Waals surface area contributed by atoms with Crippen molar-refractivity contribution in [1.82, 2.24) is 5.32 Å². The monoisotopic (exact) mass is 536 g/mol. The number of rotatable bonds is 7. The Morgan fingerprint density at radius 1 is 1.05 bits per heavy atom. The highest BCUT2D eigenvalue weighted by molar-refractivity contribution is 7.92. The molecule has 200 valence electrons. The van der Waals surface area contributed by atoms with Crippen molar-refractivity contribution in [2.24, 2.45) is 0 Å². The molecule has 0 spiro atoms. The maximum absolute atomic E-state index is 13.7. The molecule has 2 heterocycles. The minimum absolute atomic E-state index is 0.108. The molecule has 1 saturated heterocycles. The third-order valence-corrected chi connectivity index (χ3v) is 9.16. The highest BCUT2D eigenvalue weighted by atomic mass is 32.2. The summed E-state index contributed by atoms with van der Waals surface area (Å²) in [5.74, 6) is 0.561. The summed E-state index contributed by atoms with van der Waals surface area (Å²) in [6, 6.07) is 21.6. The number of ether oxygens (including phenoxy) is 3. The second-order valence-corrected chi connectivity index (χ2v) is 11.6. The standard InChI is InChI=1S/C29H32N2O6S/c1-21-8-13-25-26(18-21)37-27(19-31(25)38(33,34)24-11-9-23(35-2)10-12-24)28(32)30-20-29(14-16-36-17-15-29)22-6-4-3-5-7-22/h3-13,18,27H,14-17,19-20H2,1-2H3,(H,30,32)/t27-/m0/s1. The van der Waals surface area contributed by atoms with Gasteiger partial charge in [-0.3, -0.25) is 9.10 Å².